The normalized spacial score (nSPS) is 18.5. The molecule has 24 heavy (non-hydrogen) atoms. The molecule has 1 aromatic carbocycles. The zero-order valence-electron chi connectivity index (χ0n) is 14.2. The molecule has 1 saturated heterocycles. The minimum Gasteiger partial charge on any atom is -0.465 e. The van der Waals surface area contributed by atoms with Crippen LogP contribution in [0.1, 0.15) is 19.4 Å². The summed E-state index contributed by atoms with van der Waals surface area (Å²) in [5.41, 5.74) is 1.93. The summed E-state index contributed by atoms with van der Waals surface area (Å²) in [7, 11) is 0. The lowest BCUT2D eigenvalue weighted by Gasteiger charge is -2.43. The number of para-hydroxylation sites is 1. The second-order valence-corrected chi connectivity index (χ2v) is 6.21. The fraction of sp³-hybridized carbons (Fsp3) is 0.471. The molecule has 0 radical (unpaired) electrons. The highest BCUT2D eigenvalue weighted by molar-refractivity contribution is 5.95. The van der Waals surface area contributed by atoms with E-state index in [1.165, 1.54) is 4.90 Å². The summed E-state index contributed by atoms with van der Waals surface area (Å²) in [6, 6.07) is 7.74. The molecule has 1 aliphatic heterocycles. The maximum atomic E-state index is 11.3. The molecule has 1 aliphatic rings. The monoisotopic (exact) mass is 329 g/mol. The molecule has 0 bridgehead atoms. The van der Waals surface area contributed by atoms with Crippen molar-refractivity contribution in [1.82, 2.24) is 9.80 Å². The first-order chi connectivity index (χ1) is 11.4. The number of anilines is 1. The quantitative estimate of drug-likeness (QED) is 0.494. The number of rotatable bonds is 2. The van der Waals surface area contributed by atoms with Crippen LogP contribution in [0.25, 0.3) is 0 Å². The van der Waals surface area contributed by atoms with E-state index >= 15 is 0 Å². The van der Waals surface area contributed by atoms with Crippen LogP contribution in [0.2, 0.25) is 0 Å². The fourth-order valence-electron chi connectivity index (χ4n) is 2.86. The lowest BCUT2D eigenvalue weighted by atomic mass is 10.00. The van der Waals surface area contributed by atoms with Gasteiger partial charge in [-0.15, -0.1) is 4.99 Å². The van der Waals surface area contributed by atoms with E-state index in [1.807, 2.05) is 56.1 Å². The average molecular weight is 329 g/mol. The van der Waals surface area contributed by atoms with Crippen LogP contribution in [-0.4, -0.2) is 52.6 Å². The smallest absolute Gasteiger partial charge is 0.407 e. The molecule has 1 amide bonds. The zero-order valence-corrected chi connectivity index (χ0v) is 14.2. The standard InChI is InChI=1S/C17H23N5O2/c1-12(2)15-10-21(17(23)24)8-9-22(15)16(19-11-18)20-14-7-5-4-6-13(14)3/h4-7,12,15H,8-10H2,1-3H3,(H,19,20)(H,23,24). The van der Waals surface area contributed by atoms with Crippen LogP contribution in [-0.2, 0) is 0 Å². The number of nitriles is 1. The third-order valence-electron chi connectivity index (χ3n) is 4.28. The Labute approximate surface area is 142 Å². The lowest BCUT2D eigenvalue weighted by molar-refractivity contribution is 0.0862. The lowest BCUT2D eigenvalue weighted by Crippen LogP contribution is -2.59. The molecule has 0 spiro atoms. The molecule has 1 heterocycles. The first-order valence-corrected chi connectivity index (χ1v) is 7.98. The number of hydrogen-bond donors (Lipinski definition) is 2. The molecule has 7 heteroatoms. The van der Waals surface area contributed by atoms with Crippen LogP contribution in [0.15, 0.2) is 29.3 Å². The van der Waals surface area contributed by atoms with Gasteiger partial charge in [0.1, 0.15) is 0 Å². The molecule has 0 aliphatic carbocycles. The molecule has 1 fully saturated rings. The Morgan fingerprint density at radius 1 is 1.42 bits per heavy atom. The topological polar surface area (TPSA) is 92.0 Å². The molecule has 7 nitrogen and oxygen atoms in total. The summed E-state index contributed by atoms with van der Waals surface area (Å²) in [4.78, 5) is 18.6. The molecule has 1 unspecified atom stereocenters. The second-order valence-electron chi connectivity index (χ2n) is 6.21. The Kier molecular flexibility index (Phi) is 5.64. The van der Waals surface area contributed by atoms with Crippen LogP contribution in [0.4, 0.5) is 10.5 Å². The highest BCUT2D eigenvalue weighted by Gasteiger charge is 2.33. The van der Waals surface area contributed by atoms with Gasteiger partial charge in [-0.3, -0.25) is 0 Å². The van der Waals surface area contributed by atoms with Gasteiger partial charge in [-0.05, 0) is 24.5 Å². The Balaban J connectivity index is 2.26. The van der Waals surface area contributed by atoms with Gasteiger partial charge in [0.15, 0.2) is 0 Å². The first kappa shape index (κ1) is 17.6. The van der Waals surface area contributed by atoms with Gasteiger partial charge in [0.25, 0.3) is 0 Å². The number of guanidine groups is 1. The van der Waals surface area contributed by atoms with Crippen molar-refractivity contribution in [3.8, 4) is 6.19 Å². The van der Waals surface area contributed by atoms with E-state index in [1.54, 1.807) is 0 Å². The van der Waals surface area contributed by atoms with Crippen molar-refractivity contribution < 1.29 is 9.90 Å². The molecule has 128 valence electrons. The van der Waals surface area contributed by atoms with Gasteiger partial charge in [-0.25, -0.2) is 4.79 Å². The van der Waals surface area contributed by atoms with Crippen LogP contribution in [0, 0.1) is 24.3 Å². The van der Waals surface area contributed by atoms with Gasteiger partial charge in [-0.1, -0.05) is 32.0 Å². The van der Waals surface area contributed by atoms with Crippen molar-refractivity contribution in [1.29, 1.82) is 5.26 Å². The number of carboxylic acid groups (broad SMARTS) is 1. The summed E-state index contributed by atoms with van der Waals surface area (Å²) in [6.45, 7) is 7.34. The number of aryl methyl sites for hydroxylation is 1. The third-order valence-corrected chi connectivity index (χ3v) is 4.28. The Hall–Kier alpha value is -2.75. The summed E-state index contributed by atoms with van der Waals surface area (Å²) >= 11 is 0. The van der Waals surface area contributed by atoms with Gasteiger partial charge in [-0.2, -0.15) is 5.26 Å². The largest absolute Gasteiger partial charge is 0.465 e. The molecule has 0 saturated carbocycles. The van der Waals surface area contributed by atoms with E-state index in [0.29, 0.717) is 25.6 Å². The number of hydrogen-bond acceptors (Lipinski definition) is 3. The maximum absolute atomic E-state index is 11.3. The highest BCUT2D eigenvalue weighted by Crippen LogP contribution is 2.20. The molecule has 2 rings (SSSR count). The van der Waals surface area contributed by atoms with Gasteiger partial charge < -0.3 is 20.2 Å². The van der Waals surface area contributed by atoms with Crippen LogP contribution in [0.3, 0.4) is 0 Å². The maximum Gasteiger partial charge on any atom is 0.407 e. The van der Waals surface area contributed by atoms with Gasteiger partial charge >= 0.3 is 6.09 Å². The van der Waals surface area contributed by atoms with Crippen LogP contribution in [0.5, 0.6) is 0 Å². The number of nitrogens with one attached hydrogen (secondary N) is 1. The average Bonchev–Trinajstić information content (AvgIpc) is 2.55. The second kappa shape index (κ2) is 7.68. The molecule has 1 atom stereocenters. The molecular weight excluding hydrogens is 306 g/mol. The molecule has 2 N–H and O–H groups in total. The summed E-state index contributed by atoms with van der Waals surface area (Å²) in [5, 5.41) is 21.6. The minimum absolute atomic E-state index is 0.0431. The first-order valence-electron chi connectivity index (χ1n) is 7.98. The third kappa shape index (κ3) is 3.96. The van der Waals surface area contributed by atoms with Crippen LogP contribution >= 0.6 is 0 Å². The number of nitrogens with zero attached hydrogens (tertiary/aromatic N) is 4. The van der Waals surface area contributed by atoms with Crippen molar-refractivity contribution in [2.45, 2.75) is 26.8 Å². The minimum atomic E-state index is -0.911. The van der Waals surface area contributed by atoms with Crippen molar-refractivity contribution in [2.75, 3.05) is 25.0 Å². The predicted molar refractivity (Wildman–Crippen MR) is 92.8 cm³/mol. The van der Waals surface area contributed by atoms with Gasteiger partial charge in [0.05, 0.1) is 6.04 Å². The summed E-state index contributed by atoms with van der Waals surface area (Å²) in [5.74, 6) is 0.685. The van der Waals surface area contributed by atoms with E-state index in [4.69, 9.17) is 5.26 Å². The van der Waals surface area contributed by atoms with E-state index in [2.05, 4.69) is 10.3 Å². The fourth-order valence-corrected chi connectivity index (χ4v) is 2.86. The number of benzene rings is 1. The van der Waals surface area contributed by atoms with Gasteiger partial charge in [0.2, 0.25) is 12.2 Å². The van der Waals surface area contributed by atoms with E-state index < -0.39 is 6.09 Å². The Morgan fingerprint density at radius 2 is 2.12 bits per heavy atom. The van der Waals surface area contributed by atoms with Crippen LogP contribution < -0.4 is 5.32 Å². The number of aliphatic imine (C=N–C) groups is 1. The van der Waals surface area contributed by atoms with E-state index in [-0.39, 0.29) is 12.0 Å². The molecular formula is C17H23N5O2. The van der Waals surface area contributed by atoms with Crippen molar-refractivity contribution in [3.63, 3.8) is 0 Å². The molecule has 0 aromatic heterocycles. The van der Waals surface area contributed by atoms with Crippen molar-refractivity contribution in [3.05, 3.63) is 29.8 Å². The van der Waals surface area contributed by atoms with Crippen molar-refractivity contribution >= 4 is 17.7 Å². The number of carbonyl (C=O) groups is 1. The van der Waals surface area contributed by atoms with E-state index in [0.717, 1.165) is 11.3 Å². The highest BCUT2D eigenvalue weighted by atomic mass is 16.4. The SMILES string of the molecule is Cc1ccccc1N/C(=N/C#N)N1CCN(C(=O)O)CC1C(C)C. The predicted octanol–water partition coefficient (Wildman–Crippen LogP) is 2.56. The zero-order chi connectivity index (χ0) is 17.7. The number of amides is 1. The van der Waals surface area contributed by atoms with Crippen molar-refractivity contribution in [2.24, 2.45) is 10.9 Å². The molecule has 1 aromatic rings. The van der Waals surface area contributed by atoms with Gasteiger partial charge in [0, 0.05) is 25.3 Å². The summed E-state index contributed by atoms with van der Waals surface area (Å²) in [6.07, 6.45) is 0.941. The Bertz CT molecular complexity index is 665. The van der Waals surface area contributed by atoms with E-state index in [9.17, 15) is 9.90 Å². The number of piperazine rings is 1. The summed E-state index contributed by atoms with van der Waals surface area (Å²) < 4.78 is 0. The Morgan fingerprint density at radius 3 is 2.71 bits per heavy atom.